The first-order valence-electron chi connectivity index (χ1n) is 11.6. The first-order valence-corrected chi connectivity index (χ1v) is 13.2. The van der Waals surface area contributed by atoms with E-state index in [0.717, 1.165) is 21.3 Å². The lowest BCUT2D eigenvalue weighted by Crippen LogP contribution is -2.39. The molecule has 0 amide bonds. The summed E-state index contributed by atoms with van der Waals surface area (Å²) in [5.41, 5.74) is 10.1. The van der Waals surface area contributed by atoms with Gasteiger partial charge >= 0.3 is 5.97 Å². The van der Waals surface area contributed by atoms with Gasteiger partial charge in [-0.1, -0.05) is 72.8 Å². The van der Waals surface area contributed by atoms with E-state index in [9.17, 15) is 9.59 Å². The third-order valence-electron chi connectivity index (χ3n) is 6.31. The highest BCUT2D eigenvalue weighted by Crippen LogP contribution is 2.44. The van der Waals surface area contributed by atoms with Crippen molar-refractivity contribution < 1.29 is 9.53 Å². The van der Waals surface area contributed by atoms with E-state index in [1.165, 1.54) is 34.4 Å². The average Bonchev–Trinajstić information content (AvgIpc) is 3.50. The van der Waals surface area contributed by atoms with Crippen molar-refractivity contribution in [3.8, 4) is 0 Å². The molecule has 5 aromatic rings. The molecule has 37 heavy (non-hydrogen) atoms. The molecule has 182 valence electrons. The molecule has 3 aromatic carbocycles. The topological polar surface area (TPSA) is 87.2 Å². The van der Waals surface area contributed by atoms with Crippen molar-refractivity contribution in [2.45, 2.75) is 5.92 Å². The van der Waals surface area contributed by atoms with Crippen molar-refractivity contribution in [3.63, 3.8) is 0 Å². The number of rotatable bonds is 4. The molecule has 1 aliphatic rings. The summed E-state index contributed by atoms with van der Waals surface area (Å²) in [6.45, 7) is 0. The largest absolute Gasteiger partial charge is 0.466 e. The zero-order valence-corrected chi connectivity index (χ0v) is 21.4. The molecule has 0 radical (unpaired) electrons. The van der Waals surface area contributed by atoms with Crippen LogP contribution in [0.2, 0.25) is 0 Å². The molecule has 0 saturated carbocycles. The van der Waals surface area contributed by atoms with Crippen LogP contribution < -0.4 is 20.5 Å². The van der Waals surface area contributed by atoms with Crippen LogP contribution in [0.1, 0.15) is 22.1 Å². The van der Waals surface area contributed by atoms with Crippen LogP contribution in [0.3, 0.4) is 0 Å². The van der Waals surface area contributed by atoms with E-state index in [1.807, 2.05) is 91.0 Å². The van der Waals surface area contributed by atoms with Crippen molar-refractivity contribution in [1.29, 1.82) is 0 Å². The van der Waals surface area contributed by atoms with E-state index in [-0.39, 0.29) is 11.4 Å². The third kappa shape index (κ3) is 3.91. The minimum atomic E-state index is -0.558. The number of nitrogens with zero attached hydrogens (tertiary/aromatic N) is 2. The van der Waals surface area contributed by atoms with E-state index >= 15 is 0 Å². The quantitative estimate of drug-likeness (QED) is 0.363. The number of esters is 1. The second kappa shape index (κ2) is 9.31. The van der Waals surface area contributed by atoms with Crippen molar-refractivity contribution >= 4 is 61.9 Å². The Labute approximate surface area is 219 Å². The number of carbonyl (C=O) groups excluding carboxylic acids is 1. The lowest BCUT2D eigenvalue weighted by molar-refractivity contribution is -0.134. The normalized spacial score (nSPS) is 15.8. The maximum Gasteiger partial charge on any atom is 0.337 e. The molecule has 2 aromatic heterocycles. The number of nitrogens with two attached hydrogens (primary N) is 1. The molecule has 6 rings (SSSR count). The summed E-state index contributed by atoms with van der Waals surface area (Å²) in [5.74, 6) is -0.803. The van der Waals surface area contributed by atoms with Gasteiger partial charge in [0.05, 0.1) is 33.3 Å². The fraction of sp³-hybridized carbons (Fsp3) is 0.0690. The summed E-state index contributed by atoms with van der Waals surface area (Å²) in [4.78, 5) is 32.0. The van der Waals surface area contributed by atoms with Crippen LogP contribution in [0.4, 0.5) is 0 Å². The number of ether oxygens (including phenoxy) is 1. The zero-order chi connectivity index (χ0) is 25.5. The SMILES string of the molecule is COC(=O)C1=c2s/c(=C\c3ccccc3)c(=O)n2C(N)=C(c2nc3ccccc3s2)[C@H]1c1ccccc1. The highest BCUT2D eigenvalue weighted by Gasteiger charge is 2.37. The Bertz CT molecular complexity index is 1830. The molecule has 3 heterocycles. The van der Waals surface area contributed by atoms with Crippen molar-refractivity contribution in [3.05, 3.63) is 121 Å². The Hall–Kier alpha value is -4.27. The van der Waals surface area contributed by atoms with Crippen molar-refractivity contribution in [1.82, 2.24) is 9.55 Å². The number of hydrogen-bond acceptors (Lipinski definition) is 7. The molecule has 0 aliphatic carbocycles. The summed E-state index contributed by atoms with van der Waals surface area (Å²) in [6, 6.07) is 27.1. The summed E-state index contributed by atoms with van der Waals surface area (Å²) < 4.78 is 8.64. The maximum atomic E-state index is 13.7. The molecule has 8 heteroatoms. The molecule has 0 fully saturated rings. The molecule has 0 bridgehead atoms. The van der Waals surface area contributed by atoms with Crippen molar-refractivity contribution in [2.24, 2.45) is 5.73 Å². The van der Waals surface area contributed by atoms with Gasteiger partial charge in [0.1, 0.15) is 15.5 Å². The zero-order valence-electron chi connectivity index (χ0n) is 19.8. The van der Waals surface area contributed by atoms with E-state index in [0.29, 0.717) is 25.3 Å². The molecule has 0 unspecified atom stereocenters. The number of allylic oxidation sites excluding steroid dienone is 1. The number of para-hydroxylation sites is 1. The van der Waals surface area contributed by atoms with Gasteiger partial charge < -0.3 is 10.5 Å². The molecule has 1 atom stereocenters. The summed E-state index contributed by atoms with van der Waals surface area (Å²) in [5, 5.41) is 0.659. The lowest BCUT2D eigenvalue weighted by Gasteiger charge is -2.27. The molecular weight excluding hydrogens is 502 g/mol. The van der Waals surface area contributed by atoms with E-state index in [2.05, 4.69) is 0 Å². The minimum Gasteiger partial charge on any atom is -0.466 e. The maximum absolute atomic E-state index is 13.7. The van der Waals surface area contributed by atoms with Crippen LogP contribution in [0, 0.1) is 0 Å². The van der Waals surface area contributed by atoms with Gasteiger partial charge in [0, 0.05) is 5.57 Å². The van der Waals surface area contributed by atoms with Crippen LogP contribution >= 0.6 is 22.7 Å². The molecule has 1 aliphatic heterocycles. The standard InChI is InChI=1S/C29H21N3O3S2/c1-35-29(34)24-22(18-12-6-3-7-13-18)23(26-31-19-14-8-9-15-20(19)36-26)25(30)32-27(33)21(37-28(24)32)16-17-10-4-2-5-11-17/h2-16,22H,30H2,1H3/b21-16-/t22-/m1/s1. The number of carbonyl (C=O) groups is 1. The first kappa shape index (κ1) is 23.1. The highest BCUT2D eigenvalue weighted by atomic mass is 32.1. The highest BCUT2D eigenvalue weighted by molar-refractivity contribution is 7.19. The van der Waals surface area contributed by atoms with Gasteiger partial charge in [-0.05, 0) is 29.3 Å². The molecule has 0 spiro atoms. The van der Waals surface area contributed by atoms with Gasteiger partial charge in [0.2, 0.25) is 0 Å². The number of fused-ring (bicyclic) bond motifs is 2. The summed E-state index contributed by atoms with van der Waals surface area (Å²) in [6.07, 6.45) is 1.81. The van der Waals surface area contributed by atoms with Gasteiger partial charge in [-0.25, -0.2) is 9.78 Å². The fourth-order valence-corrected chi connectivity index (χ4v) is 6.85. The first-order chi connectivity index (χ1) is 18.1. The van der Waals surface area contributed by atoms with Crippen LogP contribution in [-0.2, 0) is 9.53 Å². The van der Waals surface area contributed by atoms with Gasteiger partial charge in [-0.2, -0.15) is 0 Å². The van der Waals surface area contributed by atoms with Gasteiger partial charge in [0.25, 0.3) is 5.56 Å². The van der Waals surface area contributed by atoms with Gasteiger partial charge in [-0.15, -0.1) is 22.7 Å². The lowest BCUT2D eigenvalue weighted by atomic mass is 9.83. The molecule has 0 saturated heterocycles. The number of benzene rings is 3. The monoisotopic (exact) mass is 523 g/mol. The number of hydrogen-bond donors (Lipinski definition) is 1. The van der Waals surface area contributed by atoms with Gasteiger partial charge in [0.15, 0.2) is 0 Å². The third-order valence-corrected chi connectivity index (χ3v) is 8.49. The molecular formula is C29H21N3O3S2. The number of aromatic nitrogens is 2. The second-order valence-corrected chi connectivity index (χ2v) is 10.6. The summed E-state index contributed by atoms with van der Waals surface area (Å²) >= 11 is 2.72. The predicted molar refractivity (Wildman–Crippen MR) is 149 cm³/mol. The van der Waals surface area contributed by atoms with Crippen LogP contribution in [-0.4, -0.2) is 22.6 Å². The van der Waals surface area contributed by atoms with E-state index < -0.39 is 11.9 Å². The van der Waals surface area contributed by atoms with Crippen LogP contribution in [0.15, 0.2) is 89.7 Å². The van der Waals surface area contributed by atoms with E-state index in [4.69, 9.17) is 15.5 Å². The smallest absolute Gasteiger partial charge is 0.337 e. The van der Waals surface area contributed by atoms with Gasteiger partial charge in [-0.3, -0.25) is 9.36 Å². The van der Waals surface area contributed by atoms with Crippen molar-refractivity contribution in [2.75, 3.05) is 7.11 Å². The Kier molecular flexibility index (Phi) is 5.82. The molecule has 6 nitrogen and oxygen atoms in total. The second-order valence-electron chi connectivity index (χ2n) is 8.50. The molecule has 2 N–H and O–H groups in total. The number of methoxy groups -OCH3 is 1. The fourth-order valence-electron chi connectivity index (χ4n) is 4.63. The Balaban J connectivity index is 1.73. The van der Waals surface area contributed by atoms with Crippen LogP contribution in [0.25, 0.3) is 33.3 Å². The number of thiazole rings is 2. The summed E-state index contributed by atoms with van der Waals surface area (Å²) in [7, 11) is 1.35. The Morgan fingerprint density at radius 3 is 2.35 bits per heavy atom. The average molecular weight is 524 g/mol. The Morgan fingerprint density at radius 2 is 1.65 bits per heavy atom. The van der Waals surface area contributed by atoms with E-state index in [1.54, 1.807) is 0 Å². The minimum absolute atomic E-state index is 0.268. The Morgan fingerprint density at radius 1 is 0.973 bits per heavy atom. The predicted octanol–water partition coefficient (Wildman–Crippen LogP) is 3.75. The van der Waals surface area contributed by atoms with Crippen LogP contribution in [0.5, 0.6) is 0 Å².